The predicted molar refractivity (Wildman–Crippen MR) is 80.2 cm³/mol. The molecule has 0 saturated heterocycles. The minimum Gasteiger partial charge on any atom is -0.493 e. The molecule has 3 heteroatoms. The fraction of sp³-hybridized carbons (Fsp3) is 0.625. The van der Waals surface area contributed by atoms with E-state index in [9.17, 15) is 0 Å². The Balaban J connectivity index is 2.47. The van der Waals surface area contributed by atoms with Crippen LogP contribution in [0.25, 0.3) is 0 Å². The summed E-state index contributed by atoms with van der Waals surface area (Å²) < 4.78 is 12.0. The standard InChI is InChI=1S/C16H26NO2/c1-5-8-17(9-6-2)10-7-13-11-15(18-3)16(19-4)12-14(13)17/h11-12H,5-10H2,1-4H3/q+1. The highest BCUT2D eigenvalue weighted by Crippen LogP contribution is 2.42. The second-order valence-corrected chi connectivity index (χ2v) is 5.40. The Morgan fingerprint density at radius 1 is 1.00 bits per heavy atom. The van der Waals surface area contributed by atoms with Gasteiger partial charge < -0.3 is 9.47 Å². The number of fused-ring (bicyclic) bond motifs is 1. The highest BCUT2D eigenvalue weighted by molar-refractivity contribution is 5.62. The van der Waals surface area contributed by atoms with E-state index in [2.05, 4.69) is 26.0 Å². The minimum atomic E-state index is 0.856. The number of rotatable bonds is 6. The Kier molecular flexibility index (Phi) is 4.35. The van der Waals surface area contributed by atoms with Gasteiger partial charge in [0.15, 0.2) is 11.5 Å². The fourth-order valence-electron chi connectivity index (χ4n) is 3.44. The Morgan fingerprint density at radius 3 is 2.11 bits per heavy atom. The third-order valence-electron chi connectivity index (χ3n) is 4.21. The molecule has 1 aromatic rings. The molecule has 19 heavy (non-hydrogen) atoms. The van der Waals surface area contributed by atoms with E-state index in [0.717, 1.165) is 22.4 Å². The lowest BCUT2D eigenvalue weighted by atomic mass is 10.1. The van der Waals surface area contributed by atoms with Gasteiger partial charge in [0.25, 0.3) is 0 Å². The van der Waals surface area contributed by atoms with Gasteiger partial charge in [-0.05, 0) is 18.9 Å². The lowest BCUT2D eigenvalue weighted by Gasteiger charge is -2.34. The third-order valence-corrected chi connectivity index (χ3v) is 4.21. The summed E-state index contributed by atoms with van der Waals surface area (Å²) in [6, 6.07) is 4.37. The molecular formula is C16H26NO2+. The Hall–Kier alpha value is -1.22. The molecule has 3 nitrogen and oxygen atoms in total. The van der Waals surface area contributed by atoms with Crippen LogP contribution in [0.5, 0.6) is 11.5 Å². The number of hydrogen-bond donors (Lipinski definition) is 0. The number of ether oxygens (including phenoxy) is 2. The molecular weight excluding hydrogens is 238 g/mol. The normalized spacial score (nSPS) is 16.2. The van der Waals surface area contributed by atoms with Crippen molar-refractivity contribution in [2.45, 2.75) is 33.1 Å². The van der Waals surface area contributed by atoms with Gasteiger partial charge in [-0.1, -0.05) is 13.8 Å². The summed E-state index contributed by atoms with van der Waals surface area (Å²) in [5.74, 6) is 1.71. The van der Waals surface area contributed by atoms with E-state index < -0.39 is 0 Å². The summed E-state index contributed by atoms with van der Waals surface area (Å²) in [6.45, 7) is 8.20. The molecule has 0 amide bonds. The quantitative estimate of drug-likeness (QED) is 0.733. The van der Waals surface area contributed by atoms with Crippen molar-refractivity contribution < 1.29 is 9.47 Å². The molecule has 0 aliphatic carbocycles. The average molecular weight is 264 g/mol. The molecule has 0 aromatic heterocycles. The first kappa shape index (κ1) is 14.2. The lowest BCUT2D eigenvalue weighted by Crippen LogP contribution is -2.48. The maximum Gasteiger partial charge on any atom is 0.166 e. The Bertz CT molecular complexity index is 437. The van der Waals surface area contributed by atoms with Crippen molar-refractivity contribution in [1.82, 2.24) is 4.48 Å². The lowest BCUT2D eigenvalue weighted by molar-refractivity contribution is 0.293. The molecule has 1 aromatic carbocycles. The molecule has 1 aliphatic rings. The molecule has 0 atom stereocenters. The van der Waals surface area contributed by atoms with Crippen LogP contribution in [0.3, 0.4) is 0 Å². The number of nitrogens with zero attached hydrogens (tertiary/aromatic N) is 1. The van der Waals surface area contributed by atoms with Gasteiger partial charge in [0, 0.05) is 18.1 Å². The van der Waals surface area contributed by atoms with E-state index in [-0.39, 0.29) is 0 Å². The highest BCUT2D eigenvalue weighted by atomic mass is 16.5. The van der Waals surface area contributed by atoms with Crippen molar-refractivity contribution in [3.63, 3.8) is 0 Å². The molecule has 0 spiro atoms. The summed E-state index contributed by atoms with van der Waals surface area (Å²) in [7, 11) is 3.42. The van der Waals surface area contributed by atoms with E-state index in [4.69, 9.17) is 9.47 Å². The summed E-state index contributed by atoms with van der Waals surface area (Å²) in [4.78, 5) is 0. The summed E-state index contributed by atoms with van der Waals surface area (Å²) in [5, 5.41) is 0. The van der Waals surface area contributed by atoms with E-state index in [1.54, 1.807) is 14.2 Å². The molecule has 106 valence electrons. The maximum absolute atomic E-state index is 5.48. The SMILES string of the molecule is CCC[N+]1(CCC)CCc2cc(OC)c(OC)cc21. The molecule has 0 saturated carbocycles. The van der Waals surface area contributed by atoms with Crippen LogP contribution in [0, 0.1) is 0 Å². The molecule has 0 fully saturated rings. The van der Waals surface area contributed by atoms with E-state index in [1.807, 2.05) is 0 Å². The van der Waals surface area contributed by atoms with Crippen molar-refractivity contribution in [3.8, 4) is 11.5 Å². The van der Waals surface area contributed by atoms with Gasteiger partial charge in [0.05, 0.1) is 33.9 Å². The zero-order valence-corrected chi connectivity index (χ0v) is 12.7. The molecule has 0 radical (unpaired) electrons. The summed E-state index contributed by atoms with van der Waals surface area (Å²) >= 11 is 0. The molecule has 0 N–H and O–H groups in total. The number of hydrogen-bond acceptors (Lipinski definition) is 2. The van der Waals surface area contributed by atoms with Gasteiger partial charge in [-0.2, -0.15) is 0 Å². The van der Waals surface area contributed by atoms with Crippen molar-refractivity contribution in [2.75, 3.05) is 33.9 Å². The van der Waals surface area contributed by atoms with E-state index >= 15 is 0 Å². The van der Waals surface area contributed by atoms with Crippen molar-refractivity contribution in [1.29, 1.82) is 0 Å². The zero-order valence-electron chi connectivity index (χ0n) is 12.7. The fourth-order valence-corrected chi connectivity index (χ4v) is 3.44. The van der Waals surface area contributed by atoms with Crippen LogP contribution in [0.2, 0.25) is 0 Å². The first-order valence-corrected chi connectivity index (χ1v) is 7.32. The largest absolute Gasteiger partial charge is 0.493 e. The van der Waals surface area contributed by atoms with E-state index in [0.29, 0.717) is 0 Å². The van der Waals surface area contributed by atoms with Gasteiger partial charge in [-0.3, -0.25) is 4.48 Å². The first-order valence-electron chi connectivity index (χ1n) is 7.32. The molecule has 1 aliphatic heterocycles. The van der Waals surface area contributed by atoms with Gasteiger partial charge in [0.2, 0.25) is 0 Å². The molecule has 0 unspecified atom stereocenters. The second kappa shape index (κ2) is 5.83. The average Bonchev–Trinajstić information content (AvgIpc) is 2.76. The molecule has 2 rings (SSSR count). The van der Waals surface area contributed by atoms with Gasteiger partial charge in [0.1, 0.15) is 5.69 Å². The number of quaternary nitrogens is 1. The van der Waals surface area contributed by atoms with Crippen LogP contribution < -0.4 is 14.0 Å². The van der Waals surface area contributed by atoms with Crippen LogP contribution in [-0.2, 0) is 6.42 Å². The van der Waals surface area contributed by atoms with Crippen LogP contribution in [0.4, 0.5) is 5.69 Å². The first-order chi connectivity index (χ1) is 9.20. The second-order valence-electron chi connectivity index (χ2n) is 5.40. The van der Waals surface area contributed by atoms with E-state index in [1.165, 1.54) is 43.7 Å². The Morgan fingerprint density at radius 2 is 1.58 bits per heavy atom. The molecule has 1 heterocycles. The smallest absolute Gasteiger partial charge is 0.166 e. The summed E-state index contributed by atoms with van der Waals surface area (Å²) in [5.41, 5.74) is 2.88. The number of benzene rings is 1. The third kappa shape index (κ3) is 2.44. The number of methoxy groups -OCH3 is 2. The predicted octanol–water partition coefficient (Wildman–Crippen LogP) is 3.39. The Labute approximate surface area is 116 Å². The van der Waals surface area contributed by atoms with Crippen LogP contribution in [-0.4, -0.2) is 33.9 Å². The van der Waals surface area contributed by atoms with Crippen LogP contribution >= 0.6 is 0 Å². The van der Waals surface area contributed by atoms with Gasteiger partial charge in [-0.25, -0.2) is 0 Å². The van der Waals surface area contributed by atoms with Crippen molar-refractivity contribution >= 4 is 5.69 Å². The van der Waals surface area contributed by atoms with Crippen LogP contribution in [0.1, 0.15) is 32.3 Å². The van der Waals surface area contributed by atoms with Gasteiger partial charge in [-0.15, -0.1) is 0 Å². The van der Waals surface area contributed by atoms with Gasteiger partial charge >= 0.3 is 0 Å². The maximum atomic E-state index is 5.48. The topological polar surface area (TPSA) is 18.5 Å². The monoisotopic (exact) mass is 264 g/mol. The van der Waals surface area contributed by atoms with Crippen molar-refractivity contribution in [2.24, 2.45) is 0 Å². The highest BCUT2D eigenvalue weighted by Gasteiger charge is 2.38. The summed E-state index contributed by atoms with van der Waals surface area (Å²) in [6.07, 6.45) is 3.58. The zero-order chi connectivity index (χ0) is 13.9. The van der Waals surface area contributed by atoms with Crippen molar-refractivity contribution in [3.05, 3.63) is 17.7 Å². The minimum absolute atomic E-state index is 0.856. The van der Waals surface area contributed by atoms with Crippen LogP contribution in [0.15, 0.2) is 12.1 Å². The molecule has 0 bridgehead atoms.